The van der Waals surface area contributed by atoms with Crippen LogP contribution in [0.25, 0.3) is 0 Å². The SMILES string of the molecule is CCC(N)Cc1c(C)nn(C)c1N1CCCS(=O)(=O)CC1. The lowest BCUT2D eigenvalue weighted by Gasteiger charge is -2.24. The molecule has 2 rings (SSSR count). The Bertz CT molecular complexity index is 594. The van der Waals surface area contributed by atoms with Crippen LogP contribution in [0.3, 0.4) is 0 Å². The number of nitrogens with zero attached hydrogens (tertiary/aromatic N) is 3. The Kier molecular flexibility index (Phi) is 4.93. The van der Waals surface area contributed by atoms with E-state index in [0.717, 1.165) is 36.5 Å². The molecule has 0 spiro atoms. The van der Waals surface area contributed by atoms with Gasteiger partial charge in [0.2, 0.25) is 0 Å². The monoisotopic (exact) mass is 314 g/mol. The molecule has 0 bridgehead atoms. The van der Waals surface area contributed by atoms with Gasteiger partial charge in [-0.25, -0.2) is 8.42 Å². The molecule has 1 aliphatic heterocycles. The summed E-state index contributed by atoms with van der Waals surface area (Å²) in [7, 11) is -0.983. The van der Waals surface area contributed by atoms with Crippen LogP contribution in [-0.2, 0) is 23.3 Å². The Morgan fingerprint density at radius 2 is 2.05 bits per heavy atom. The largest absolute Gasteiger partial charge is 0.356 e. The predicted molar refractivity (Wildman–Crippen MR) is 85.4 cm³/mol. The summed E-state index contributed by atoms with van der Waals surface area (Å²) in [6.45, 7) is 5.37. The average Bonchev–Trinajstić information content (AvgIpc) is 2.58. The van der Waals surface area contributed by atoms with E-state index < -0.39 is 9.84 Å². The zero-order valence-corrected chi connectivity index (χ0v) is 14.0. The molecule has 2 heterocycles. The maximum Gasteiger partial charge on any atom is 0.152 e. The number of aryl methyl sites for hydroxylation is 2. The summed E-state index contributed by atoms with van der Waals surface area (Å²) < 4.78 is 25.4. The van der Waals surface area contributed by atoms with Crippen LogP contribution in [0.5, 0.6) is 0 Å². The summed E-state index contributed by atoms with van der Waals surface area (Å²) in [5.41, 5.74) is 8.25. The van der Waals surface area contributed by atoms with Crippen molar-refractivity contribution in [1.82, 2.24) is 9.78 Å². The molecule has 21 heavy (non-hydrogen) atoms. The van der Waals surface area contributed by atoms with Gasteiger partial charge in [-0.05, 0) is 26.2 Å². The number of nitrogens with two attached hydrogens (primary N) is 1. The van der Waals surface area contributed by atoms with Gasteiger partial charge in [0.25, 0.3) is 0 Å². The quantitative estimate of drug-likeness (QED) is 0.882. The van der Waals surface area contributed by atoms with E-state index >= 15 is 0 Å². The zero-order valence-electron chi connectivity index (χ0n) is 13.2. The first-order valence-electron chi connectivity index (χ1n) is 7.57. The van der Waals surface area contributed by atoms with Crippen molar-refractivity contribution >= 4 is 15.7 Å². The average molecular weight is 314 g/mol. The molecule has 1 unspecified atom stereocenters. The highest BCUT2D eigenvalue weighted by Crippen LogP contribution is 2.26. The minimum atomic E-state index is -2.90. The molecule has 7 heteroatoms. The van der Waals surface area contributed by atoms with Crippen molar-refractivity contribution in [2.75, 3.05) is 29.5 Å². The van der Waals surface area contributed by atoms with Gasteiger partial charge in [0.1, 0.15) is 5.82 Å². The van der Waals surface area contributed by atoms with Gasteiger partial charge in [0, 0.05) is 31.7 Å². The fraction of sp³-hybridized carbons (Fsp3) is 0.786. The molecule has 2 N–H and O–H groups in total. The summed E-state index contributed by atoms with van der Waals surface area (Å²) in [6.07, 6.45) is 2.38. The number of hydrogen-bond acceptors (Lipinski definition) is 5. The second kappa shape index (κ2) is 6.36. The second-order valence-corrected chi connectivity index (χ2v) is 8.18. The summed E-state index contributed by atoms with van der Waals surface area (Å²) in [5, 5.41) is 4.51. The van der Waals surface area contributed by atoms with Crippen LogP contribution in [-0.4, -0.2) is 48.8 Å². The molecule has 1 aliphatic rings. The van der Waals surface area contributed by atoms with Crippen molar-refractivity contribution in [3.8, 4) is 0 Å². The number of aromatic nitrogens is 2. The van der Waals surface area contributed by atoms with Crippen molar-refractivity contribution in [3.63, 3.8) is 0 Å². The van der Waals surface area contributed by atoms with Crippen molar-refractivity contribution in [2.45, 2.75) is 39.2 Å². The summed E-state index contributed by atoms with van der Waals surface area (Å²) in [5.74, 6) is 1.54. The van der Waals surface area contributed by atoms with E-state index in [1.54, 1.807) is 0 Å². The van der Waals surface area contributed by atoms with Crippen LogP contribution < -0.4 is 10.6 Å². The van der Waals surface area contributed by atoms with E-state index in [0.29, 0.717) is 13.0 Å². The Balaban J connectivity index is 2.30. The van der Waals surface area contributed by atoms with Crippen LogP contribution in [0.4, 0.5) is 5.82 Å². The molecule has 1 aromatic rings. The van der Waals surface area contributed by atoms with E-state index in [2.05, 4.69) is 16.9 Å². The highest BCUT2D eigenvalue weighted by Gasteiger charge is 2.25. The van der Waals surface area contributed by atoms with Crippen molar-refractivity contribution in [3.05, 3.63) is 11.3 Å². The van der Waals surface area contributed by atoms with Gasteiger partial charge in [-0.1, -0.05) is 6.92 Å². The molecule has 1 aromatic heterocycles. The fourth-order valence-electron chi connectivity index (χ4n) is 2.88. The lowest BCUT2D eigenvalue weighted by atomic mass is 10.0. The van der Waals surface area contributed by atoms with Gasteiger partial charge >= 0.3 is 0 Å². The van der Waals surface area contributed by atoms with Crippen molar-refractivity contribution in [2.24, 2.45) is 12.8 Å². The van der Waals surface area contributed by atoms with Crippen LogP contribution in [0, 0.1) is 6.92 Å². The highest BCUT2D eigenvalue weighted by molar-refractivity contribution is 7.91. The first kappa shape index (κ1) is 16.3. The highest BCUT2D eigenvalue weighted by atomic mass is 32.2. The third-order valence-corrected chi connectivity index (χ3v) is 5.87. The van der Waals surface area contributed by atoms with Gasteiger partial charge in [0.15, 0.2) is 9.84 Å². The van der Waals surface area contributed by atoms with Crippen LogP contribution >= 0.6 is 0 Å². The Labute approximate surface area is 127 Å². The maximum atomic E-state index is 11.8. The van der Waals surface area contributed by atoms with Crippen molar-refractivity contribution < 1.29 is 8.42 Å². The molecular formula is C14H26N4O2S. The van der Waals surface area contributed by atoms with E-state index in [9.17, 15) is 8.42 Å². The molecule has 1 saturated heterocycles. The molecule has 120 valence electrons. The lowest BCUT2D eigenvalue weighted by molar-refractivity contribution is 0.597. The molecule has 0 aliphatic carbocycles. The van der Waals surface area contributed by atoms with E-state index in [1.807, 2.05) is 18.7 Å². The first-order valence-corrected chi connectivity index (χ1v) is 9.39. The standard InChI is InChI=1S/C14H26N4O2S/c1-4-12(15)10-13-11(2)16-17(3)14(13)18-6-5-8-21(19,20)9-7-18/h12H,4-10,15H2,1-3H3. The van der Waals surface area contributed by atoms with Gasteiger partial charge in [-0.15, -0.1) is 0 Å². The van der Waals surface area contributed by atoms with E-state index in [1.165, 1.54) is 0 Å². The number of hydrogen-bond donors (Lipinski definition) is 1. The van der Waals surface area contributed by atoms with Crippen LogP contribution in [0.1, 0.15) is 31.0 Å². The third-order valence-electron chi connectivity index (χ3n) is 4.16. The topological polar surface area (TPSA) is 81.2 Å². The first-order chi connectivity index (χ1) is 9.84. The van der Waals surface area contributed by atoms with Gasteiger partial charge in [-0.3, -0.25) is 4.68 Å². The fourth-order valence-corrected chi connectivity index (χ4v) is 4.15. The number of anilines is 1. The normalized spacial score (nSPS) is 20.3. The smallest absolute Gasteiger partial charge is 0.152 e. The molecule has 0 aromatic carbocycles. The summed E-state index contributed by atoms with van der Waals surface area (Å²) in [4.78, 5) is 2.16. The van der Waals surface area contributed by atoms with Gasteiger partial charge < -0.3 is 10.6 Å². The number of sulfone groups is 1. The molecule has 0 saturated carbocycles. The van der Waals surface area contributed by atoms with Gasteiger partial charge in [-0.2, -0.15) is 5.10 Å². The molecule has 1 atom stereocenters. The third kappa shape index (κ3) is 3.77. The van der Waals surface area contributed by atoms with Crippen LogP contribution in [0.2, 0.25) is 0 Å². The zero-order chi connectivity index (χ0) is 15.6. The molecule has 1 fully saturated rings. The van der Waals surface area contributed by atoms with Gasteiger partial charge in [0.05, 0.1) is 17.2 Å². The maximum absolute atomic E-state index is 11.8. The Morgan fingerprint density at radius 1 is 1.33 bits per heavy atom. The molecule has 0 radical (unpaired) electrons. The lowest BCUT2D eigenvalue weighted by Crippen LogP contribution is -2.30. The molecule has 0 amide bonds. The second-order valence-electron chi connectivity index (χ2n) is 5.88. The molecule has 6 nitrogen and oxygen atoms in total. The Hall–Kier alpha value is -1.08. The Morgan fingerprint density at radius 3 is 2.71 bits per heavy atom. The van der Waals surface area contributed by atoms with Crippen molar-refractivity contribution in [1.29, 1.82) is 0 Å². The summed E-state index contributed by atoms with van der Waals surface area (Å²) in [6, 6.07) is 0.113. The summed E-state index contributed by atoms with van der Waals surface area (Å²) >= 11 is 0. The van der Waals surface area contributed by atoms with E-state index in [-0.39, 0.29) is 17.5 Å². The minimum absolute atomic E-state index is 0.113. The predicted octanol–water partition coefficient (Wildman–Crippen LogP) is 0.633. The van der Waals surface area contributed by atoms with Crippen LogP contribution in [0.15, 0.2) is 0 Å². The molecular weight excluding hydrogens is 288 g/mol. The van der Waals surface area contributed by atoms with E-state index in [4.69, 9.17) is 5.73 Å². The minimum Gasteiger partial charge on any atom is -0.356 e. The number of rotatable bonds is 4.